The molecule has 1 atom stereocenters. The van der Waals surface area contributed by atoms with Gasteiger partial charge >= 0.3 is 5.97 Å². The summed E-state index contributed by atoms with van der Waals surface area (Å²) < 4.78 is 10.2. The van der Waals surface area contributed by atoms with Gasteiger partial charge in [0.15, 0.2) is 0 Å². The monoisotopic (exact) mass is 318 g/mol. The summed E-state index contributed by atoms with van der Waals surface area (Å²) in [6.07, 6.45) is 5.18. The van der Waals surface area contributed by atoms with Crippen LogP contribution in [0.5, 0.6) is 0 Å². The van der Waals surface area contributed by atoms with E-state index in [1.54, 1.807) is 7.11 Å². The van der Waals surface area contributed by atoms with E-state index in [1.165, 1.54) is 0 Å². The number of methoxy groups -OCH3 is 1. The maximum atomic E-state index is 11.5. The molecule has 0 rings (SSSR count). The number of hydrogen-bond acceptors (Lipinski definition) is 5. The Balaban J connectivity index is 3.28. The molecule has 0 aromatic carbocycles. The Morgan fingerprint density at radius 2 is 1.86 bits per heavy atom. The van der Waals surface area contributed by atoms with Crippen molar-refractivity contribution in [1.29, 1.82) is 0 Å². The predicted octanol–water partition coefficient (Wildman–Crippen LogP) is 0.908. The number of carbonyl (C=O) groups excluding carboxylic acids is 1. The van der Waals surface area contributed by atoms with Crippen LogP contribution in [-0.2, 0) is 19.1 Å². The minimum Gasteiger partial charge on any atom is -0.480 e. The zero-order chi connectivity index (χ0) is 16.6. The minimum atomic E-state index is -0.977. The van der Waals surface area contributed by atoms with Crippen LogP contribution in [0.3, 0.4) is 0 Å². The molecule has 0 aliphatic heterocycles. The highest BCUT2D eigenvalue weighted by molar-refractivity contribution is 5.75. The number of ether oxygens (including phenoxy) is 2. The lowest BCUT2D eigenvalue weighted by Crippen LogP contribution is -2.30. The van der Waals surface area contributed by atoms with Gasteiger partial charge in [-0.3, -0.25) is 9.59 Å². The van der Waals surface area contributed by atoms with Gasteiger partial charge < -0.3 is 25.6 Å². The lowest BCUT2D eigenvalue weighted by atomic mass is 10.1. The molecule has 1 amide bonds. The molecule has 0 aliphatic rings. The number of amides is 1. The largest absolute Gasteiger partial charge is 0.480 e. The van der Waals surface area contributed by atoms with Gasteiger partial charge in [-0.05, 0) is 32.1 Å². The fourth-order valence-corrected chi connectivity index (χ4v) is 1.84. The van der Waals surface area contributed by atoms with Gasteiger partial charge in [-0.1, -0.05) is 6.42 Å². The SMILES string of the molecule is COCCOCCCCCC(=O)NCCCCC(N)C(=O)O. The molecule has 0 bridgehead atoms. The first-order chi connectivity index (χ1) is 10.6. The van der Waals surface area contributed by atoms with E-state index in [-0.39, 0.29) is 5.91 Å². The molecule has 1 unspecified atom stereocenters. The molecular formula is C15H30N2O5. The third-order valence-corrected chi connectivity index (χ3v) is 3.21. The van der Waals surface area contributed by atoms with Crippen LogP contribution >= 0.6 is 0 Å². The molecule has 4 N–H and O–H groups in total. The lowest BCUT2D eigenvalue weighted by Gasteiger charge is -2.07. The second-order valence-corrected chi connectivity index (χ2v) is 5.21. The van der Waals surface area contributed by atoms with Gasteiger partial charge in [0.25, 0.3) is 0 Å². The molecule has 0 saturated carbocycles. The number of carbonyl (C=O) groups is 2. The Bertz CT molecular complexity index is 300. The molecule has 0 radical (unpaired) electrons. The van der Waals surface area contributed by atoms with Crippen molar-refractivity contribution in [3.8, 4) is 0 Å². The van der Waals surface area contributed by atoms with E-state index in [2.05, 4.69) is 5.32 Å². The molecule has 22 heavy (non-hydrogen) atoms. The molecule has 0 aromatic heterocycles. The second-order valence-electron chi connectivity index (χ2n) is 5.21. The summed E-state index contributed by atoms with van der Waals surface area (Å²) in [7, 11) is 1.64. The molecule has 7 heteroatoms. The third-order valence-electron chi connectivity index (χ3n) is 3.21. The first-order valence-corrected chi connectivity index (χ1v) is 7.89. The van der Waals surface area contributed by atoms with Crippen LogP contribution in [0.2, 0.25) is 0 Å². The lowest BCUT2D eigenvalue weighted by molar-refractivity contribution is -0.138. The summed E-state index contributed by atoms with van der Waals surface area (Å²) in [6.45, 7) is 2.50. The minimum absolute atomic E-state index is 0.0443. The van der Waals surface area contributed by atoms with E-state index in [0.29, 0.717) is 45.6 Å². The Morgan fingerprint density at radius 3 is 2.55 bits per heavy atom. The van der Waals surface area contributed by atoms with Gasteiger partial charge in [0.1, 0.15) is 6.04 Å². The molecule has 0 saturated heterocycles. The van der Waals surface area contributed by atoms with Crippen LogP contribution in [0.25, 0.3) is 0 Å². The number of carboxylic acids is 1. The molecule has 0 heterocycles. The molecule has 0 aliphatic carbocycles. The summed E-state index contributed by atoms with van der Waals surface area (Å²) >= 11 is 0. The van der Waals surface area contributed by atoms with Crippen LogP contribution in [0.4, 0.5) is 0 Å². The van der Waals surface area contributed by atoms with Crippen molar-refractivity contribution < 1.29 is 24.2 Å². The fraction of sp³-hybridized carbons (Fsp3) is 0.867. The number of hydrogen-bond donors (Lipinski definition) is 3. The summed E-state index contributed by atoms with van der Waals surface area (Å²) in [6, 6.07) is -0.804. The standard InChI is InChI=1S/C15H30N2O5/c1-21-11-12-22-10-6-2-3-8-14(18)17-9-5-4-7-13(16)15(19)20/h13H,2-12,16H2,1H3,(H,17,18)(H,19,20). The van der Waals surface area contributed by atoms with Crippen LogP contribution in [0.1, 0.15) is 44.9 Å². The average molecular weight is 318 g/mol. The highest BCUT2D eigenvalue weighted by Crippen LogP contribution is 2.01. The van der Waals surface area contributed by atoms with Crippen molar-refractivity contribution in [2.24, 2.45) is 5.73 Å². The smallest absolute Gasteiger partial charge is 0.320 e. The average Bonchev–Trinajstić information content (AvgIpc) is 2.49. The van der Waals surface area contributed by atoms with Gasteiger partial charge in [0.2, 0.25) is 5.91 Å². The van der Waals surface area contributed by atoms with E-state index in [1.807, 2.05) is 0 Å². The van der Waals surface area contributed by atoms with Crippen LogP contribution < -0.4 is 11.1 Å². The van der Waals surface area contributed by atoms with Gasteiger partial charge in [-0.25, -0.2) is 0 Å². The van der Waals surface area contributed by atoms with Crippen molar-refractivity contribution in [3.05, 3.63) is 0 Å². The molecular weight excluding hydrogens is 288 g/mol. The van der Waals surface area contributed by atoms with E-state index < -0.39 is 12.0 Å². The molecule has 130 valence electrons. The summed E-state index contributed by atoms with van der Waals surface area (Å²) in [4.78, 5) is 22.1. The Morgan fingerprint density at radius 1 is 1.09 bits per heavy atom. The Labute approximate surface area is 132 Å². The van der Waals surface area contributed by atoms with E-state index >= 15 is 0 Å². The first kappa shape index (κ1) is 20.8. The van der Waals surface area contributed by atoms with Crippen LogP contribution in [0, 0.1) is 0 Å². The Kier molecular flexibility index (Phi) is 14.0. The summed E-state index contributed by atoms with van der Waals surface area (Å²) in [5.74, 6) is -0.932. The molecule has 0 aromatic rings. The highest BCUT2D eigenvalue weighted by atomic mass is 16.5. The zero-order valence-electron chi connectivity index (χ0n) is 13.5. The fourth-order valence-electron chi connectivity index (χ4n) is 1.84. The maximum Gasteiger partial charge on any atom is 0.320 e. The second kappa shape index (κ2) is 14.7. The molecule has 7 nitrogen and oxygen atoms in total. The summed E-state index contributed by atoms with van der Waals surface area (Å²) in [5.41, 5.74) is 5.39. The van der Waals surface area contributed by atoms with E-state index in [9.17, 15) is 9.59 Å². The van der Waals surface area contributed by atoms with E-state index in [0.717, 1.165) is 25.7 Å². The van der Waals surface area contributed by atoms with Gasteiger partial charge in [0, 0.05) is 26.7 Å². The van der Waals surface area contributed by atoms with Crippen LogP contribution in [0.15, 0.2) is 0 Å². The topological polar surface area (TPSA) is 111 Å². The summed E-state index contributed by atoms with van der Waals surface area (Å²) in [5, 5.41) is 11.4. The normalized spacial score (nSPS) is 12.1. The van der Waals surface area contributed by atoms with Crippen molar-refractivity contribution in [2.45, 2.75) is 51.0 Å². The molecule has 0 fully saturated rings. The van der Waals surface area contributed by atoms with Gasteiger partial charge in [0.05, 0.1) is 13.2 Å². The van der Waals surface area contributed by atoms with Crippen molar-refractivity contribution in [3.63, 3.8) is 0 Å². The number of rotatable bonds is 15. The number of carboxylic acid groups (broad SMARTS) is 1. The Hall–Kier alpha value is -1.18. The molecule has 0 spiro atoms. The van der Waals surface area contributed by atoms with Crippen molar-refractivity contribution >= 4 is 11.9 Å². The number of aliphatic carboxylic acids is 1. The number of nitrogens with two attached hydrogens (primary N) is 1. The first-order valence-electron chi connectivity index (χ1n) is 7.89. The van der Waals surface area contributed by atoms with E-state index in [4.69, 9.17) is 20.3 Å². The quantitative estimate of drug-likeness (QED) is 0.387. The van der Waals surface area contributed by atoms with Gasteiger partial charge in [-0.2, -0.15) is 0 Å². The zero-order valence-corrected chi connectivity index (χ0v) is 13.5. The maximum absolute atomic E-state index is 11.5. The predicted molar refractivity (Wildman–Crippen MR) is 83.6 cm³/mol. The van der Waals surface area contributed by atoms with Crippen LogP contribution in [-0.4, -0.2) is 56.5 Å². The third kappa shape index (κ3) is 13.8. The number of nitrogens with one attached hydrogen (secondary N) is 1. The van der Waals surface area contributed by atoms with Gasteiger partial charge in [-0.15, -0.1) is 0 Å². The highest BCUT2D eigenvalue weighted by Gasteiger charge is 2.10. The van der Waals surface area contributed by atoms with Crippen molar-refractivity contribution in [1.82, 2.24) is 5.32 Å². The van der Waals surface area contributed by atoms with Crippen molar-refractivity contribution in [2.75, 3.05) is 33.5 Å². The number of unbranched alkanes of at least 4 members (excludes halogenated alkanes) is 3.